The van der Waals surface area contributed by atoms with Gasteiger partial charge in [0.15, 0.2) is 0 Å². The van der Waals surface area contributed by atoms with Gasteiger partial charge < -0.3 is 19.8 Å². The molecule has 1 fully saturated rings. The molecule has 4 rings (SSSR count). The highest BCUT2D eigenvalue weighted by Gasteiger charge is 2.20. The average molecular weight is 407 g/mol. The van der Waals surface area contributed by atoms with Gasteiger partial charge in [-0.05, 0) is 49.2 Å². The fourth-order valence-corrected chi connectivity index (χ4v) is 3.26. The number of rotatable bonds is 6. The first-order chi connectivity index (χ1) is 14.6. The van der Waals surface area contributed by atoms with Gasteiger partial charge in [-0.15, -0.1) is 0 Å². The summed E-state index contributed by atoms with van der Waals surface area (Å²) in [5, 5.41) is 2.67. The molecule has 154 valence electrons. The maximum absolute atomic E-state index is 12.7. The molecule has 1 atom stereocenters. The average Bonchev–Trinajstić information content (AvgIpc) is 3.26. The van der Waals surface area contributed by atoms with Gasteiger partial charge in [0.2, 0.25) is 0 Å². The zero-order valence-corrected chi connectivity index (χ0v) is 16.2. The van der Waals surface area contributed by atoms with E-state index >= 15 is 0 Å². The van der Waals surface area contributed by atoms with Crippen molar-refractivity contribution in [3.63, 3.8) is 0 Å². The quantitative estimate of drug-likeness (QED) is 0.654. The Labute approximate surface area is 172 Å². The molecule has 3 aromatic rings. The van der Waals surface area contributed by atoms with Crippen molar-refractivity contribution < 1.29 is 14.3 Å². The third kappa shape index (κ3) is 4.49. The number of ether oxygens (including phenoxy) is 2. The first kappa shape index (κ1) is 19.7. The fraction of sp³-hybridized carbons (Fsp3) is 0.227. The van der Waals surface area contributed by atoms with Crippen LogP contribution in [0.5, 0.6) is 11.5 Å². The second-order valence-corrected chi connectivity index (χ2v) is 6.95. The summed E-state index contributed by atoms with van der Waals surface area (Å²) in [5.74, 6) is 0.713. The molecule has 1 aliphatic heterocycles. The molecular formula is C22H21N3O5. The molecular weight excluding hydrogens is 386 g/mol. The van der Waals surface area contributed by atoms with Gasteiger partial charge in [0, 0.05) is 18.5 Å². The van der Waals surface area contributed by atoms with E-state index in [-0.39, 0.29) is 18.2 Å². The lowest BCUT2D eigenvalue weighted by atomic mass is 10.2. The van der Waals surface area contributed by atoms with Crippen LogP contribution in [-0.2, 0) is 11.3 Å². The molecule has 8 nitrogen and oxygen atoms in total. The predicted molar refractivity (Wildman–Crippen MR) is 111 cm³/mol. The number of H-pyrrole nitrogens is 1. The molecule has 1 aromatic heterocycles. The summed E-state index contributed by atoms with van der Waals surface area (Å²) in [6, 6.07) is 16.1. The van der Waals surface area contributed by atoms with Crippen LogP contribution in [0.25, 0.3) is 0 Å². The number of amides is 1. The van der Waals surface area contributed by atoms with Crippen LogP contribution in [0.3, 0.4) is 0 Å². The molecule has 0 radical (unpaired) electrons. The van der Waals surface area contributed by atoms with Crippen LogP contribution in [-0.4, -0.2) is 28.2 Å². The number of aromatic amines is 1. The number of carbonyl (C=O) groups is 1. The molecule has 1 unspecified atom stereocenters. The van der Waals surface area contributed by atoms with Crippen molar-refractivity contribution in [3.05, 3.63) is 87.2 Å². The summed E-state index contributed by atoms with van der Waals surface area (Å²) < 4.78 is 12.2. The maximum Gasteiger partial charge on any atom is 0.328 e. The molecule has 1 amide bonds. The normalized spacial score (nSPS) is 15.7. The van der Waals surface area contributed by atoms with Crippen LogP contribution in [0.2, 0.25) is 0 Å². The molecule has 1 saturated heterocycles. The molecule has 0 aliphatic carbocycles. The van der Waals surface area contributed by atoms with E-state index in [0.717, 1.165) is 23.6 Å². The van der Waals surface area contributed by atoms with Gasteiger partial charge in [-0.1, -0.05) is 18.2 Å². The van der Waals surface area contributed by atoms with Crippen LogP contribution in [0.1, 0.15) is 23.2 Å². The van der Waals surface area contributed by atoms with Crippen molar-refractivity contribution in [2.24, 2.45) is 0 Å². The standard InChI is InChI=1S/C22H21N3O5/c26-20(19-13-23-22(28)25(21(19)27)14-18-7-4-12-29-18)24-15-8-10-17(11-9-15)30-16-5-2-1-3-6-16/h1-3,5-6,8-11,13,18H,4,7,12,14H2,(H,23,28)(H,24,26). The molecule has 30 heavy (non-hydrogen) atoms. The Bertz CT molecular complexity index is 1130. The lowest BCUT2D eigenvalue weighted by Crippen LogP contribution is -2.41. The molecule has 0 spiro atoms. The van der Waals surface area contributed by atoms with Crippen molar-refractivity contribution in [1.29, 1.82) is 0 Å². The van der Waals surface area contributed by atoms with E-state index in [1.807, 2.05) is 30.3 Å². The van der Waals surface area contributed by atoms with Gasteiger partial charge in [0.25, 0.3) is 11.5 Å². The van der Waals surface area contributed by atoms with Crippen LogP contribution in [0.4, 0.5) is 5.69 Å². The molecule has 0 bridgehead atoms. The van der Waals surface area contributed by atoms with Gasteiger partial charge in [-0.3, -0.25) is 14.2 Å². The smallest absolute Gasteiger partial charge is 0.328 e. The number of benzene rings is 2. The summed E-state index contributed by atoms with van der Waals surface area (Å²) in [7, 11) is 0. The Morgan fingerprint density at radius 2 is 1.83 bits per heavy atom. The Balaban J connectivity index is 1.47. The van der Waals surface area contributed by atoms with E-state index in [9.17, 15) is 14.4 Å². The van der Waals surface area contributed by atoms with Gasteiger partial charge in [-0.25, -0.2) is 4.79 Å². The van der Waals surface area contributed by atoms with Gasteiger partial charge >= 0.3 is 5.69 Å². The molecule has 2 aromatic carbocycles. The van der Waals surface area contributed by atoms with Crippen molar-refractivity contribution in [2.45, 2.75) is 25.5 Å². The Morgan fingerprint density at radius 1 is 1.10 bits per heavy atom. The fourth-order valence-electron chi connectivity index (χ4n) is 3.26. The largest absolute Gasteiger partial charge is 0.457 e. The van der Waals surface area contributed by atoms with Crippen LogP contribution in [0, 0.1) is 0 Å². The van der Waals surface area contributed by atoms with Gasteiger partial charge in [-0.2, -0.15) is 0 Å². The Hall–Kier alpha value is -3.65. The van der Waals surface area contributed by atoms with Gasteiger partial charge in [0.05, 0.1) is 12.6 Å². The SMILES string of the molecule is O=C(Nc1ccc(Oc2ccccc2)cc1)c1c[nH]c(=O)n(CC2CCCO2)c1=O. The molecule has 2 heterocycles. The number of hydrogen-bond acceptors (Lipinski definition) is 5. The first-order valence-electron chi connectivity index (χ1n) is 9.68. The second kappa shape index (κ2) is 8.79. The Kier molecular flexibility index (Phi) is 5.76. The molecule has 2 N–H and O–H groups in total. The summed E-state index contributed by atoms with van der Waals surface area (Å²) in [4.78, 5) is 39.8. The summed E-state index contributed by atoms with van der Waals surface area (Å²) in [6.07, 6.45) is 2.61. The summed E-state index contributed by atoms with van der Waals surface area (Å²) in [5.41, 5.74) is -0.848. The predicted octanol–water partition coefficient (Wildman–Crippen LogP) is 2.76. The van der Waals surface area contributed by atoms with Crippen LogP contribution in [0.15, 0.2) is 70.4 Å². The van der Waals surface area contributed by atoms with Crippen LogP contribution >= 0.6 is 0 Å². The topological polar surface area (TPSA) is 102 Å². The van der Waals surface area contributed by atoms with E-state index in [0.29, 0.717) is 23.8 Å². The number of carbonyl (C=O) groups excluding carboxylic acids is 1. The minimum Gasteiger partial charge on any atom is -0.457 e. The first-order valence-corrected chi connectivity index (χ1v) is 9.68. The number of nitrogens with zero attached hydrogens (tertiary/aromatic N) is 1. The zero-order chi connectivity index (χ0) is 20.9. The monoisotopic (exact) mass is 407 g/mol. The lowest BCUT2D eigenvalue weighted by Gasteiger charge is -2.12. The third-order valence-corrected chi connectivity index (χ3v) is 4.81. The van der Waals surface area contributed by atoms with Gasteiger partial charge in [0.1, 0.15) is 17.1 Å². The van der Waals surface area contributed by atoms with E-state index in [1.54, 1.807) is 24.3 Å². The zero-order valence-electron chi connectivity index (χ0n) is 16.2. The number of nitrogens with one attached hydrogen (secondary N) is 2. The highest BCUT2D eigenvalue weighted by Crippen LogP contribution is 2.22. The minimum atomic E-state index is -0.643. The third-order valence-electron chi connectivity index (χ3n) is 4.81. The number of aromatic nitrogens is 2. The molecule has 8 heteroatoms. The van der Waals surface area contributed by atoms with E-state index in [2.05, 4.69) is 10.3 Å². The second-order valence-electron chi connectivity index (χ2n) is 6.95. The Morgan fingerprint density at radius 3 is 2.53 bits per heavy atom. The molecule has 0 saturated carbocycles. The number of hydrogen-bond donors (Lipinski definition) is 2. The highest BCUT2D eigenvalue weighted by molar-refractivity contribution is 6.03. The number of para-hydroxylation sites is 1. The van der Waals surface area contributed by atoms with Crippen molar-refractivity contribution in [3.8, 4) is 11.5 Å². The maximum atomic E-state index is 12.7. The van der Waals surface area contributed by atoms with Crippen LogP contribution < -0.4 is 21.3 Å². The number of anilines is 1. The van der Waals surface area contributed by atoms with Crippen molar-refractivity contribution in [2.75, 3.05) is 11.9 Å². The van der Waals surface area contributed by atoms with Crippen molar-refractivity contribution >= 4 is 11.6 Å². The highest BCUT2D eigenvalue weighted by atomic mass is 16.5. The summed E-state index contributed by atoms with van der Waals surface area (Å²) >= 11 is 0. The minimum absolute atomic E-state index is 0.126. The molecule has 1 aliphatic rings. The van der Waals surface area contributed by atoms with E-state index in [1.165, 1.54) is 0 Å². The lowest BCUT2D eigenvalue weighted by molar-refractivity contribution is 0.0941. The van der Waals surface area contributed by atoms with Crippen molar-refractivity contribution in [1.82, 2.24) is 9.55 Å². The van der Waals surface area contributed by atoms with E-state index in [4.69, 9.17) is 9.47 Å². The summed E-state index contributed by atoms with van der Waals surface area (Å²) in [6.45, 7) is 0.738. The van der Waals surface area contributed by atoms with E-state index < -0.39 is 17.2 Å².